The molecule has 0 spiro atoms. The van der Waals surface area contributed by atoms with Gasteiger partial charge in [-0.25, -0.2) is 9.02 Å². The van der Waals surface area contributed by atoms with Crippen molar-refractivity contribution in [1.29, 1.82) is 0 Å². The minimum absolute atomic E-state index is 0.0286. The van der Waals surface area contributed by atoms with Crippen molar-refractivity contribution < 1.29 is 37.6 Å². The zero-order valence-corrected chi connectivity index (χ0v) is 13.8. The summed E-state index contributed by atoms with van der Waals surface area (Å²) in [7, 11) is 0. The monoisotopic (exact) mass is 395 g/mol. The SMILES string of the molecule is OC[C@@H](O)CSc1nonc1/C(Cc1ccc(F)c(C(F)(F)F)c1)=N/O. The molecule has 2 aromatic rings. The average Bonchev–Trinajstić information content (AvgIpc) is 3.06. The zero-order valence-electron chi connectivity index (χ0n) is 12.9. The van der Waals surface area contributed by atoms with Crippen LogP contribution in [0.25, 0.3) is 0 Å². The molecule has 0 fully saturated rings. The molecular weight excluding hydrogens is 382 g/mol. The van der Waals surface area contributed by atoms with Gasteiger partial charge in [0, 0.05) is 12.2 Å². The minimum Gasteiger partial charge on any atom is -0.411 e. The van der Waals surface area contributed by atoms with Crippen LogP contribution in [0.5, 0.6) is 0 Å². The maximum Gasteiger partial charge on any atom is 0.419 e. The van der Waals surface area contributed by atoms with Gasteiger partial charge in [-0.2, -0.15) is 13.2 Å². The number of thioether (sulfide) groups is 1. The highest BCUT2D eigenvalue weighted by Crippen LogP contribution is 2.32. The lowest BCUT2D eigenvalue weighted by Crippen LogP contribution is -2.15. The predicted octanol–water partition coefficient (Wildman–Crippen LogP) is 2.09. The third-order valence-corrected chi connectivity index (χ3v) is 4.28. The Kier molecular flexibility index (Phi) is 6.56. The van der Waals surface area contributed by atoms with Crippen LogP contribution < -0.4 is 0 Å². The Morgan fingerprint density at radius 2 is 2.04 bits per heavy atom. The van der Waals surface area contributed by atoms with Gasteiger partial charge in [0.1, 0.15) is 11.5 Å². The lowest BCUT2D eigenvalue weighted by Gasteiger charge is -2.10. The molecule has 26 heavy (non-hydrogen) atoms. The smallest absolute Gasteiger partial charge is 0.411 e. The van der Waals surface area contributed by atoms with Crippen LogP contribution in [0.3, 0.4) is 0 Å². The Labute approximate surface area is 148 Å². The molecule has 0 saturated heterocycles. The lowest BCUT2D eigenvalue weighted by atomic mass is 10.0. The van der Waals surface area contributed by atoms with Gasteiger partial charge in [-0.05, 0) is 28.0 Å². The molecule has 0 radical (unpaired) electrons. The van der Waals surface area contributed by atoms with Crippen LogP contribution >= 0.6 is 11.8 Å². The molecule has 3 N–H and O–H groups in total. The van der Waals surface area contributed by atoms with E-state index in [1.807, 2.05) is 0 Å². The van der Waals surface area contributed by atoms with E-state index < -0.39 is 30.3 Å². The first-order valence-electron chi connectivity index (χ1n) is 7.07. The van der Waals surface area contributed by atoms with E-state index in [0.717, 1.165) is 17.8 Å². The molecule has 12 heteroatoms. The number of halogens is 4. The van der Waals surface area contributed by atoms with Gasteiger partial charge in [0.05, 0.1) is 18.3 Å². The van der Waals surface area contributed by atoms with Crippen molar-refractivity contribution in [2.75, 3.05) is 12.4 Å². The summed E-state index contributed by atoms with van der Waals surface area (Å²) in [5.41, 5.74) is -1.61. The number of alkyl halides is 3. The maximum absolute atomic E-state index is 13.3. The quantitative estimate of drug-likeness (QED) is 0.216. The second kappa shape index (κ2) is 8.47. The summed E-state index contributed by atoms with van der Waals surface area (Å²) in [6.07, 6.45) is -6.21. The standard InChI is InChI=1S/C14H13F4N3O4S/c15-10-2-1-7(3-9(10)14(16,17)18)4-11(19-24)12-13(21-25-20-12)26-6-8(23)5-22/h1-3,8,22-24H,4-6H2/b19-11+/t8-/m1/s1. The lowest BCUT2D eigenvalue weighted by molar-refractivity contribution is -0.140. The van der Waals surface area contributed by atoms with Gasteiger partial charge in [0.15, 0.2) is 10.7 Å². The van der Waals surface area contributed by atoms with Crippen LogP contribution in [0.2, 0.25) is 0 Å². The zero-order chi connectivity index (χ0) is 19.3. The fourth-order valence-electron chi connectivity index (χ4n) is 1.94. The van der Waals surface area contributed by atoms with Crippen molar-refractivity contribution >= 4 is 17.5 Å². The Morgan fingerprint density at radius 3 is 2.65 bits per heavy atom. The molecule has 0 amide bonds. The van der Waals surface area contributed by atoms with Crippen molar-refractivity contribution in [3.8, 4) is 0 Å². The summed E-state index contributed by atoms with van der Waals surface area (Å²) in [5, 5.41) is 37.5. The molecule has 0 aliphatic carbocycles. The predicted molar refractivity (Wildman–Crippen MR) is 81.5 cm³/mol. The van der Waals surface area contributed by atoms with E-state index in [4.69, 9.17) is 5.11 Å². The molecule has 2 rings (SSSR count). The van der Waals surface area contributed by atoms with Gasteiger partial charge in [-0.3, -0.25) is 0 Å². The Bertz CT molecular complexity index is 782. The van der Waals surface area contributed by atoms with Gasteiger partial charge >= 0.3 is 6.18 Å². The third-order valence-electron chi connectivity index (χ3n) is 3.18. The summed E-state index contributed by atoms with van der Waals surface area (Å²) >= 11 is 0.941. The normalized spacial score (nSPS) is 13.8. The molecular formula is C14H13F4N3O4S. The fraction of sp³-hybridized carbons (Fsp3) is 0.357. The molecule has 0 unspecified atom stereocenters. The highest BCUT2D eigenvalue weighted by molar-refractivity contribution is 7.99. The first-order chi connectivity index (χ1) is 12.3. The second-order valence-electron chi connectivity index (χ2n) is 5.10. The topological polar surface area (TPSA) is 112 Å². The average molecular weight is 395 g/mol. The van der Waals surface area contributed by atoms with E-state index in [1.54, 1.807) is 0 Å². The molecule has 7 nitrogen and oxygen atoms in total. The summed E-state index contributed by atoms with van der Waals surface area (Å²) < 4.78 is 56.3. The van der Waals surface area contributed by atoms with Crippen LogP contribution in [-0.2, 0) is 12.6 Å². The number of aromatic nitrogens is 2. The molecule has 0 aliphatic rings. The first kappa shape index (κ1) is 20.1. The second-order valence-corrected chi connectivity index (χ2v) is 6.11. The molecule has 1 heterocycles. The number of benzene rings is 1. The van der Waals surface area contributed by atoms with Crippen LogP contribution in [0.4, 0.5) is 17.6 Å². The Hall–Kier alpha value is -2.18. The molecule has 1 atom stereocenters. The van der Waals surface area contributed by atoms with E-state index in [2.05, 4.69) is 20.1 Å². The molecule has 0 bridgehead atoms. The first-order valence-corrected chi connectivity index (χ1v) is 8.06. The largest absolute Gasteiger partial charge is 0.419 e. The number of oxime groups is 1. The van der Waals surface area contributed by atoms with Crippen molar-refractivity contribution in [1.82, 2.24) is 10.3 Å². The number of rotatable bonds is 7. The number of nitrogens with zero attached hydrogens (tertiary/aromatic N) is 3. The summed E-state index contributed by atoms with van der Waals surface area (Å²) in [6, 6.07) is 2.39. The molecule has 0 aliphatic heterocycles. The molecule has 142 valence electrons. The highest BCUT2D eigenvalue weighted by atomic mass is 32.2. The maximum atomic E-state index is 13.3. The van der Waals surface area contributed by atoms with Crippen molar-refractivity contribution in [3.05, 3.63) is 40.8 Å². The fourth-order valence-corrected chi connectivity index (χ4v) is 2.77. The van der Waals surface area contributed by atoms with Crippen LogP contribution in [0.1, 0.15) is 16.8 Å². The van der Waals surface area contributed by atoms with E-state index in [-0.39, 0.29) is 34.2 Å². The van der Waals surface area contributed by atoms with E-state index in [0.29, 0.717) is 12.1 Å². The van der Waals surface area contributed by atoms with E-state index >= 15 is 0 Å². The molecule has 0 saturated carbocycles. The van der Waals surface area contributed by atoms with Crippen molar-refractivity contribution in [2.24, 2.45) is 5.16 Å². The summed E-state index contributed by atoms with van der Waals surface area (Å²) in [4.78, 5) is 0. The van der Waals surface area contributed by atoms with Gasteiger partial charge in [0.25, 0.3) is 0 Å². The number of hydrogen-bond acceptors (Lipinski definition) is 8. The summed E-state index contributed by atoms with van der Waals surface area (Å²) in [5.74, 6) is -1.38. The van der Waals surface area contributed by atoms with Gasteiger partial charge in [0.2, 0.25) is 0 Å². The minimum atomic E-state index is -4.87. The number of aliphatic hydroxyl groups is 2. The van der Waals surface area contributed by atoms with Crippen molar-refractivity contribution in [3.63, 3.8) is 0 Å². The Morgan fingerprint density at radius 1 is 1.31 bits per heavy atom. The van der Waals surface area contributed by atoms with Crippen LogP contribution in [0, 0.1) is 5.82 Å². The van der Waals surface area contributed by atoms with Gasteiger partial charge in [-0.15, -0.1) is 0 Å². The molecule has 1 aromatic carbocycles. The van der Waals surface area contributed by atoms with Gasteiger partial charge < -0.3 is 15.4 Å². The van der Waals surface area contributed by atoms with Gasteiger partial charge in [-0.1, -0.05) is 23.0 Å². The highest BCUT2D eigenvalue weighted by Gasteiger charge is 2.34. The molecule has 1 aromatic heterocycles. The van der Waals surface area contributed by atoms with Crippen LogP contribution in [0.15, 0.2) is 33.0 Å². The summed E-state index contributed by atoms with van der Waals surface area (Å²) in [6.45, 7) is -0.482. The Balaban J connectivity index is 2.23. The third kappa shape index (κ3) is 4.93. The van der Waals surface area contributed by atoms with E-state index in [1.165, 1.54) is 0 Å². The van der Waals surface area contributed by atoms with E-state index in [9.17, 15) is 27.9 Å². The number of hydrogen-bond donors (Lipinski definition) is 3. The number of aliphatic hydroxyl groups excluding tert-OH is 2. The van der Waals surface area contributed by atoms with Crippen molar-refractivity contribution in [2.45, 2.75) is 23.7 Å². The van der Waals surface area contributed by atoms with Crippen LogP contribution in [-0.4, -0.2) is 49.9 Å².